The first kappa shape index (κ1) is 19.1. The van der Waals surface area contributed by atoms with Gasteiger partial charge in [0.25, 0.3) is 0 Å². The van der Waals surface area contributed by atoms with Gasteiger partial charge in [0, 0.05) is 5.41 Å². The van der Waals surface area contributed by atoms with Crippen molar-refractivity contribution in [2.75, 3.05) is 7.11 Å². The summed E-state index contributed by atoms with van der Waals surface area (Å²) in [5, 5.41) is 3.63. The lowest BCUT2D eigenvalue weighted by Gasteiger charge is -2.19. The van der Waals surface area contributed by atoms with Gasteiger partial charge in [0.15, 0.2) is 5.71 Å². The van der Waals surface area contributed by atoms with Crippen LogP contribution < -0.4 is 5.43 Å². The minimum atomic E-state index is -0.813. The van der Waals surface area contributed by atoms with E-state index in [9.17, 15) is 14.4 Å². The number of methoxy groups -OCH3 is 1. The van der Waals surface area contributed by atoms with E-state index in [4.69, 9.17) is 4.74 Å². The summed E-state index contributed by atoms with van der Waals surface area (Å²) in [6.45, 7) is 10.3. The molecule has 120 valence electrons. The topological polar surface area (TPSA) is 94.1 Å². The Morgan fingerprint density at radius 3 is 1.95 bits per heavy atom. The second kappa shape index (κ2) is 7.19. The molecule has 7 nitrogen and oxygen atoms in total. The van der Waals surface area contributed by atoms with Crippen LogP contribution in [0.5, 0.6) is 0 Å². The van der Waals surface area contributed by atoms with Gasteiger partial charge in [-0.2, -0.15) is 5.10 Å². The number of carbonyl (C=O) groups excluding carboxylic acids is 3. The number of amides is 1. The molecule has 0 aromatic heterocycles. The molecular weight excluding hydrogens is 276 g/mol. The summed E-state index contributed by atoms with van der Waals surface area (Å²) in [5.74, 6) is -0.971. The third-order valence-corrected chi connectivity index (χ3v) is 2.27. The van der Waals surface area contributed by atoms with Gasteiger partial charge in [0.1, 0.15) is 11.4 Å². The fourth-order valence-electron chi connectivity index (χ4n) is 1.11. The van der Waals surface area contributed by atoms with Crippen molar-refractivity contribution in [3.63, 3.8) is 0 Å². The number of hydrazone groups is 1. The second-order valence-electron chi connectivity index (χ2n) is 6.51. The molecule has 0 rings (SSSR count). The summed E-state index contributed by atoms with van der Waals surface area (Å²) < 4.78 is 9.52. The van der Waals surface area contributed by atoms with Crippen LogP contribution in [0.25, 0.3) is 0 Å². The number of esters is 1. The Labute approximate surface area is 125 Å². The molecular formula is C14H24N2O5. The minimum absolute atomic E-state index is 0.178. The third kappa shape index (κ3) is 8.06. The van der Waals surface area contributed by atoms with E-state index in [1.54, 1.807) is 41.5 Å². The quantitative estimate of drug-likeness (QED) is 0.487. The van der Waals surface area contributed by atoms with Gasteiger partial charge in [0.2, 0.25) is 0 Å². The summed E-state index contributed by atoms with van der Waals surface area (Å²) in [7, 11) is 1.17. The van der Waals surface area contributed by atoms with E-state index in [1.165, 1.54) is 7.11 Å². The average Bonchev–Trinajstić information content (AvgIpc) is 2.29. The van der Waals surface area contributed by atoms with Crippen LogP contribution in [0.15, 0.2) is 5.10 Å². The number of ketones is 1. The smallest absolute Gasteiger partial charge is 0.428 e. The van der Waals surface area contributed by atoms with Gasteiger partial charge in [-0.25, -0.2) is 15.0 Å². The lowest BCUT2D eigenvalue weighted by Crippen LogP contribution is -2.33. The number of ether oxygens (including phenoxy) is 2. The number of rotatable bonds is 4. The van der Waals surface area contributed by atoms with Crippen LogP contribution in [0.2, 0.25) is 0 Å². The van der Waals surface area contributed by atoms with Crippen LogP contribution in [0.1, 0.15) is 48.0 Å². The molecule has 7 heteroatoms. The van der Waals surface area contributed by atoms with Gasteiger partial charge in [-0.1, -0.05) is 20.8 Å². The second-order valence-corrected chi connectivity index (χ2v) is 6.51. The molecule has 0 aromatic carbocycles. The molecule has 0 saturated heterocycles. The van der Waals surface area contributed by atoms with Gasteiger partial charge >= 0.3 is 12.1 Å². The highest BCUT2D eigenvalue weighted by Crippen LogP contribution is 2.17. The molecule has 1 N–H and O–H groups in total. The van der Waals surface area contributed by atoms with Crippen molar-refractivity contribution >= 4 is 23.6 Å². The maximum atomic E-state index is 11.9. The third-order valence-electron chi connectivity index (χ3n) is 2.27. The van der Waals surface area contributed by atoms with Gasteiger partial charge in [-0.3, -0.25) is 4.79 Å². The predicted molar refractivity (Wildman–Crippen MR) is 77.9 cm³/mol. The highest BCUT2D eigenvalue weighted by molar-refractivity contribution is 6.40. The molecule has 0 radical (unpaired) electrons. The predicted octanol–water partition coefficient (Wildman–Crippen LogP) is 2.05. The molecule has 0 aromatic rings. The van der Waals surface area contributed by atoms with E-state index in [2.05, 4.69) is 15.3 Å². The zero-order chi connectivity index (χ0) is 16.8. The van der Waals surface area contributed by atoms with Crippen LogP contribution in [0, 0.1) is 5.41 Å². The van der Waals surface area contributed by atoms with Crippen molar-refractivity contribution < 1.29 is 23.9 Å². The van der Waals surface area contributed by atoms with E-state index >= 15 is 0 Å². The molecule has 0 unspecified atom stereocenters. The number of Topliss-reactive ketones (excluding diaryl/α,β-unsaturated/α-hetero) is 1. The van der Waals surface area contributed by atoms with Crippen molar-refractivity contribution in [3.05, 3.63) is 0 Å². The lowest BCUT2D eigenvalue weighted by atomic mass is 9.88. The Morgan fingerprint density at radius 2 is 1.57 bits per heavy atom. The largest absolute Gasteiger partial charge is 0.464 e. The van der Waals surface area contributed by atoms with Crippen molar-refractivity contribution in [3.8, 4) is 0 Å². The van der Waals surface area contributed by atoms with Gasteiger partial charge in [-0.05, 0) is 20.8 Å². The van der Waals surface area contributed by atoms with Gasteiger partial charge in [-0.15, -0.1) is 0 Å². The Balaban J connectivity index is 4.93. The summed E-state index contributed by atoms with van der Waals surface area (Å²) >= 11 is 0. The maximum Gasteiger partial charge on any atom is 0.428 e. The molecule has 0 bridgehead atoms. The highest BCUT2D eigenvalue weighted by atomic mass is 16.6. The average molecular weight is 300 g/mol. The summed E-state index contributed by atoms with van der Waals surface area (Å²) in [6, 6.07) is 0. The fraction of sp³-hybridized carbons (Fsp3) is 0.714. The van der Waals surface area contributed by atoms with Crippen LogP contribution in [-0.2, 0) is 19.1 Å². The van der Waals surface area contributed by atoms with Crippen molar-refractivity contribution in [2.45, 2.75) is 53.6 Å². The standard InChI is InChI=1S/C14H24N2O5/c1-13(2,3)10(17)8-9(11(18)20-7)15-16-12(19)21-14(4,5)6/h8H2,1-7H3,(H,16,19)/b15-9+. The number of nitrogens with one attached hydrogen (secondary N) is 1. The van der Waals surface area contributed by atoms with Crippen LogP contribution in [-0.4, -0.2) is 36.3 Å². The highest BCUT2D eigenvalue weighted by Gasteiger charge is 2.26. The SMILES string of the molecule is COC(=O)/C(CC(=O)C(C)(C)C)=N/NC(=O)OC(C)(C)C. The zero-order valence-corrected chi connectivity index (χ0v) is 13.7. The van der Waals surface area contributed by atoms with E-state index in [1.807, 2.05) is 0 Å². The molecule has 0 aliphatic rings. The lowest BCUT2D eigenvalue weighted by molar-refractivity contribution is -0.134. The number of hydrogen-bond acceptors (Lipinski definition) is 6. The van der Waals surface area contributed by atoms with Crippen molar-refractivity contribution in [1.29, 1.82) is 0 Å². The Hall–Kier alpha value is -1.92. The Bertz CT molecular complexity index is 441. The van der Waals surface area contributed by atoms with Crippen LogP contribution in [0.3, 0.4) is 0 Å². The molecule has 0 spiro atoms. The fourth-order valence-corrected chi connectivity index (χ4v) is 1.11. The van der Waals surface area contributed by atoms with Gasteiger partial charge in [0.05, 0.1) is 13.5 Å². The minimum Gasteiger partial charge on any atom is -0.464 e. The molecule has 21 heavy (non-hydrogen) atoms. The van der Waals surface area contributed by atoms with E-state index in [-0.39, 0.29) is 17.9 Å². The van der Waals surface area contributed by atoms with Crippen LogP contribution >= 0.6 is 0 Å². The van der Waals surface area contributed by atoms with E-state index in [0.717, 1.165) is 0 Å². The maximum absolute atomic E-state index is 11.9. The normalized spacial score (nSPS) is 12.6. The first-order valence-electron chi connectivity index (χ1n) is 6.54. The Morgan fingerprint density at radius 1 is 1.05 bits per heavy atom. The first-order valence-corrected chi connectivity index (χ1v) is 6.54. The zero-order valence-electron chi connectivity index (χ0n) is 13.7. The molecule has 1 amide bonds. The summed E-state index contributed by atoms with van der Waals surface area (Å²) in [4.78, 5) is 35.0. The molecule has 0 aliphatic heterocycles. The Kier molecular flexibility index (Phi) is 6.53. The molecule has 0 saturated carbocycles. The van der Waals surface area contributed by atoms with Gasteiger partial charge < -0.3 is 9.47 Å². The first-order chi connectivity index (χ1) is 9.36. The molecule has 0 atom stereocenters. The number of carbonyl (C=O) groups is 3. The molecule has 0 aliphatic carbocycles. The van der Waals surface area contributed by atoms with Crippen molar-refractivity contribution in [2.24, 2.45) is 10.5 Å². The number of nitrogens with zero attached hydrogens (tertiary/aromatic N) is 1. The van der Waals surface area contributed by atoms with E-state index in [0.29, 0.717) is 0 Å². The van der Waals surface area contributed by atoms with Crippen molar-refractivity contribution in [1.82, 2.24) is 5.43 Å². The van der Waals surface area contributed by atoms with E-state index < -0.39 is 23.1 Å². The number of hydrogen-bond donors (Lipinski definition) is 1. The molecule has 0 fully saturated rings. The van der Waals surface area contributed by atoms with Crippen LogP contribution in [0.4, 0.5) is 4.79 Å². The monoisotopic (exact) mass is 300 g/mol. The summed E-state index contributed by atoms with van der Waals surface area (Å²) in [5.41, 5.74) is 0.595. The summed E-state index contributed by atoms with van der Waals surface area (Å²) in [6.07, 6.45) is -1.04. The molecule has 0 heterocycles.